The standard InChI is InChI=1S/C21H36O4/c1-20(2)16-12-13-21(20,3)18(15-16)25-19(24)11-8-10-17(23)9-6-4-5-7-14-22/h16,18,22H,4-15H2,1-3H3/t16-,18+,21+/m0/s1. The highest BCUT2D eigenvalue weighted by Crippen LogP contribution is 2.66. The summed E-state index contributed by atoms with van der Waals surface area (Å²) in [4.78, 5) is 24.0. The third-order valence-corrected chi connectivity index (χ3v) is 7.19. The van der Waals surface area contributed by atoms with Gasteiger partial charge in [-0.3, -0.25) is 9.59 Å². The summed E-state index contributed by atoms with van der Waals surface area (Å²) in [6, 6.07) is 0. The van der Waals surface area contributed by atoms with Crippen LogP contribution in [-0.4, -0.2) is 29.6 Å². The molecule has 0 aromatic carbocycles. The lowest BCUT2D eigenvalue weighted by molar-refractivity contribution is -0.157. The van der Waals surface area contributed by atoms with Crippen LogP contribution in [0.4, 0.5) is 0 Å². The van der Waals surface area contributed by atoms with Gasteiger partial charge in [-0.05, 0) is 49.9 Å². The molecule has 2 bridgehead atoms. The van der Waals surface area contributed by atoms with E-state index in [1.807, 2.05) is 0 Å². The number of carbonyl (C=O) groups excluding carboxylic acids is 2. The fourth-order valence-electron chi connectivity index (χ4n) is 4.87. The lowest BCUT2D eigenvalue weighted by atomic mass is 9.70. The van der Waals surface area contributed by atoms with Crippen molar-refractivity contribution < 1.29 is 19.4 Å². The number of esters is 1. The van der Waals surface area contributed by atoms with E-state index in [1.165, 1.54) is 6.42 Å². The molecule has 0 saturated heterocycles. The maximum atomic E-state index is 12.2. The molecule has 2 rings (SSSR count). The van der Waals surface area contributed by atoms with Gasteiger partial charge in [0.15, 0.2) is 0 Å². The van der Waals surface area contributed by atoms with Crippen LogP contribution in [0.25, 0.3) is 0 Å². The van der Waals surface area contributed by atoms with E-state index < -0.39 is 0 Å². The lowest BCUT2D eigenvalue weighted by Crippen LogP contribution is -2.38. The van der Waals surface area contributed by atoms with Gasteiger partial charge in [-0.1, -0.05) is 33.6 Å². The molecule has 3 atom stereocenters. The molecule has 4 nitrogen and oxygen atoms in total. The Morgan fingerprint density at radius 1 is 1.00 bits per heavy atom. The quantitative estimate of drug-likeness (QED) is 0.441. The van der Waals surface area contributed by atoms with Gasteiger partial charge in [0.2, 0.25) is 0 Å². The third kappa shape index (κ3) is 4.64. The van der Waals surface area contributed by atoms with Crippen LogP contribution in [0.15, 0.2) is 0 Å². The van der Waals surface area contributed by atoms with E-state index in [-0.39, 0.29) is 35.3 Å². The van der Waals surface area contributed by atoms with Gasteiger partial charge < -0.3 is 9.84 Å². The van der Waals surface area contributed by atoms with Gasteiger partial charge in [0.25, 0.3) is 0 Å². The second-order valence-corrected chi connectivity index (χ2v) is 8.87. The molecule has 2 aliphatic rings. The second-order valence-electron chi connectivity index (χ2n) is 8.87. The minimum absolute atomic E-state index is 0.0518. The first-order chi connectivity index (χ1) is 11.8. The maximum Gasteiger partial charge on any atom is 0.306 e. The van der Waals surface area contributed by atoms with E-state index in [4.69, 9.17) is 9.84 Å². The summed E-state index contributed by atoms with van der Waals surface area (Å²) < 4.78 is 5.82. The maximum absolute atomic E-state index is 12.2. The largest absolute Gasteiger partial charge is 0.462 e. The number of fused-ring (bicyclic) bond motifs is 2. The summed E-state index contributed by atoms with van der Waals surface area (Å²) in [5.41, 5.74) is 0.363. The van der Waals surface area contributed by atoms with Crippen molar-refractivity contribution in [1.29, 1.82) is 0 Å². The van der Waals surface area contributed by atoms with Crippen molar-refractivity contribution >= 4 is 11.8 Å². The highest BCUT2D eigenvalue weighted by Gasteiger charge is 2.62. The number of Topliss-reactive ketones (excluding diaryl/α,β-unsaturated/α-hetero) is 1. The van der Waals surface area contributed by atoms with Gasteiger partial charge in [0.05, 0.1) is 0 Å². The first kappa shape index (κ1) is 20.4. The Labute approximate surface area is 152 Å². The fourth-order valence-corrected chi connectivity index (χ4v) is 4.87. The van der Waals surface area contributed by atoms with Gasteiger partial charge in [0, 0.05) is 31.3 Å². The molecule has 0 unspecified atom stereocenters. The average molecular weight is 353 g/mol. The molecule has 0 radical (unpaired) electrons. The minimum Gasteiger partial charge on any atom is -0.462 e. The van der Waals surface area contributed by atoms with Crippen LogP contribution < -0.4 is 0 Å². The molecular formula is C21H36O4. The molecule has 0 aromatic rings. The molecule has 0 amide bonds. The SMILES string of the molecule is CC1(C)[C@H]2CC[C@]1(C)[C@H](OC(=O)CCCC(=O)CCCCCCO)C2. The average Bonchev–Trinajstić information content (AvgIpc) is 2.88. The zero-order valence-corrected chi connectivity index (χ0v) is 16.3. The van der Waals surface area contributed by atoms with Crippen LogP contribution in [0.1, 0.15) is 91.4 Å². The molecule has 2 fully saturated rings. The Morgan fingerprint density at radius 2 is 1.68 bits per heavy atom. The third-order valence-electron chi connectivity index (χ3n) is 7.19. The summed E-state index contributed by atoms with van der Waals surface area (Å²) in [5.74, 6) is 0.776. The predicted molar refractivity (Wildman–Crippen MR) is 98.1 cm³/mol. The highest BCUT2D eigenvalue weighted by atomic mass is 16.5. The number of aliphatic hydroxyl groups excluding tert-OH is 1. The van der Waals surface area contributed by atoms with Gasteiger partial charge in [0.1, 0.15) is 11.9 Å². The zero-order valence-electron chi connectivity index (χ0n) is 16.3. The molecule has 2 aliphatic carbocycles. The summed E-state index contributed by atoms with van der Waals surface area (Å²) >= 11 is 0. The summed E-state index contributed by atoms with van der Waals surface area (Å²) in [5, 5.41) is 8.71. The van der Waals surface area contributed by atoms with E-state index in [0.29, 0.717) is 31.6 Å². The molecule has 1 N–H and O–H groups in total. The van der Waals surface area contributed by atoms with E-state index in [1.54, 1.807) is 0 Å². The van der Waals surface area contributed by atoms with Gasteiger partial charge in [-0.2, -0.15) is 0 Å². The smallest absolute Gasteiger partial charge is 0.306 e. The highest BCUT2D eigenvalue weighted by molar-refractivity contribution is 5.79. The van der Waals surface area contributed by atoms with Gasteiger partial charge in [-0.15, -0.1) is 0 Å². The van der Waals surface area contributed by atoms with Crippen LogP contribution in [-0.2, 0) is 14.3 Å². The fraction of sp³-hybridized carbons (Fsp3) is 0.905. The van der Waals surface area contributed by atoms with Crippen molar-refractivity contribution in [2.45, 2.75) is 97.5 Å². The molecule has 0 aromatic heterocycles. The molecule has 0 heterocycles. The van der Waals surface area contributed by atoms with Crippen LogP contribution in [0.5, 0.6) is 0 Å². The normalized spacial score (nSPS) is 29.8. The van der Waals surface area contributed by atoms with E-state index >= 15 is 0 Å². The molecule has 0 aliphatic heterocycles. The lowest BCUT2D eigenvalue weighted by Gasteiger charge is -2.38. The number of ketones is 1. The topological polar surface area (TPSA) is 63.6 Å². The molecular weight excluding hydrogens is 316 g/mol. The molecule has 4 heteroatoms. The molecule has 2 saturated carbocycles. The summed E-state index contributed by atoms with van der Waals surface area (Å²) in [7, 11) is 0. The Morgan fingerprint density at radius 3 is 2.28 bits per heavy atom. The van der Waals surface area contributed by atoms with Gasteiger partial charge in [-0.25, -0.2) is 0 Å². The Balaban J connectivity index is 1.61. The van der Waals surface area contributed by atoms with E-state index in [0.717, 1.165) is 38.5 Å². The first-order valence-corrected chi connectivity index (χ1v) is 10.1. The van der Waals surface area contributed by atoms with Crippen molar-refractivity contribution in [3.8, 4) is 0 Å². The first-order valence-electron chi connectivity index (χ1n) is 10.1. The van der Waals surface area contributed by atoms with Gasteiger partial charge >= 0.3 is 5.97 Å². The number of hydrogen-bond donors (Lipinski definition) is 1. The van der Waals surface area contributed by atoms with Crippen molar-refractivity contribution in [2.75, 3.05) is 6.61 Å². The number of rotatable bonds is 11. The summed E-state index contributed by atoms with van der Waals surface area (Å²) in [6.07, 6.45) is 9.16. The van der Waals surface area contributed by atoms with Crippen molar-refractivity contribution in [1.82, 2.24) is 0 Å². The number of aliphatic hydroxyl groups is 1. The Hall–Kier alpha value is -0.900. The summed E-state index contributed by atoms with van der Waals surface area (Å²) in [6.45, 7) is 7.14. The van der Waals surface area contributed by atoms with Crippen LogP contribution in [0.2, 0.25) is 0 Å². The Kier molecular flexibility index (Phi) is 7.07. The Bertz CT molecular complexity index is 471. The van der Waals surface area contributed by atoms with E-state index in [2.05, 4.69) is 20.8 Å². The predicted octanol–water partition coefficient (Wildman–Crippen LogP) is 4.43. The van der Waals surface area contributed by atoms with E-state index in [9.17, 15) is 9.59 Å². The molecule has 25 heavy (non-hydrogen) atoms. The number of ether oxygens (including phenoxy) is 1. The van der Waals surface area contributed by atoms with Crippen LogP contribution in [0, 0.1) is 16.7 Å². The number of unbranched alkanes of at least 4 members (excludes halogenated alkanes) is 3. The molecule has 0 spiro atoms. The van der Waals surface area contributed by atoms with Crippen molar-refractivity contribution in [3.63, 3.8) is 0 Å². The van der Waals surface area contributed by atoms with Crippen LogP contribution >= 0.6 is 0 Å². The van der Waals surface area contributed by atoms with Crippen molar-refractivity contribution in [3.05, 3.63) is 0 Å². The molecule has 144 valence electrons. The number of carbonyl (C=O) groups is 2. The zero-order chi connectivity index (χ0) is 18.5. The second kappa shape index (κ2) is 8.66. The van der Waals surface area contributed by atoms with Crippen molar-refractivity contribution in [2.24, 2.45) is 16.7 Å². The monoisotopic (exact) mass is 352 g/mol. The minimum atomic E-state index is -0.134. The number of hydrogen-bond acceptors (Lipinski definition) is 4. The van der Waals surface area contributed by atoms with Crippen LogP contribution in [0.3, 0.4) is 0 Å².